The molecule has 0 atom stereocenters. The molecular weight excluding hydrogens is 372 g/mol. The minimum atomic E-state index is -0.335. The number of nitrogens with one attached hydrogen (secondary N) is 2. The number of carbonyl (C=O) groups excluding carboxylic acids is 2. The van der Waals surface area contributed by atoms with E-state index in [0.717, 1.165) is 16.0 Å². The molecule has 0 unspecified atom stereocenters. The van der Waals surface area contributed by atoms with E-state index in [-0.39, 0.29) is 17.5 Å². The van der Waals surface area contributed by atoms with E-state index in [4.69, 9.17) is 0 Å². The molecule has 2 amide bonds. The lowest BCUT2D eigenvalue weighted by Gasteiger charge is -2.12. The van der Waals surface area contributed by atoms with Crippen molar-refractivity contribution in [1.29, 1.82) is 0 Å². The maximum absolute atomic E-state index is 12.7. The van der Waals surface area contributed by atoms with Crippen LogP contribution in [0, 0.1) is 13.8 Å². The number of amides is 2. The Hall–Kier alpha value is -3.19. The van der Waals surface area contributed by atoms with Gasteiger partial charge in [-0.3, -0.25) is 14.3 Å². The summed E-state index contributed by atoms with van der Waals surface area (Å²) < 4.78 is 1.73. The van der Waals surface area contributed by atoms with E-state index in [2.05, 4.69) is 15.7 Å². The Labute approximate surface area is 167 Å². The van der Waals surface area contributed by atoms with Crippen molar-refractivity contribution >= 4 is 29.2 Å². The average molecular weight is 395 g/mol. The zero-order valence-electron chi connectivity index (χ0n) is 15.8. The molecule has 2 aromatic heterocycles. The third kappa shape index (κ3) is 5.17. The summed E-state index contributed by atoms with van der Waals surface area (Å²) in [4.78, 5) is 26.2. The van der Waals surface area contributed by atoms with Crippen LogP contribution in [0.3, 0.4) is 0 Å². The fourth-order valence-corrected chi connectivity index (χ4v) is 3.22. The van der Waals surface area contributed by atoms with E-state index in [0.29, 0.717) is 18.7 Å². The minimum absolute atomic E-state index is 0.214. The molecular formula is C21H22N4O2S. The first kappa shape index (κ1) is 19.6. The normalized spacial score (nSPS) is 11.3. The third-order valence-electron chi connectivity index (χ3n) is 4.28. The van der Waals surface area contributed by atoms with E-state index in [1.165, 1.54) is 11.3 Å². The van der Waals surface area contributed by atoms with Crippen molar-refractivity contribution in [3.8, 4) is 0 Å². The molecule has 0 aliphatic rings. The Morgan fingerprint density at radius 2 is 2.04 bits per heavy atom. The molecule has 0 bridgehead atoms. The lowest BCUT2D eigenvalue weighted by molar-refractivity contribution is -0.117. The van der Waals surface area contributed by atoms with Crippen LogP contribution in [0.2, 0.25) is 0 Å². The quantitative estimate of drug-likeness (QED) is 0.605. The summed E-state index contributed by atoms with van der Waals surface area (Å²) in [7, 11) is 0. The molecule has 7 heteroatoms. The first-order chi connectivity index (χ1) is 13.5. The summed E-state index contributed by atoms with van der Waals surface area (Å²) in [5.41, 5.74) is 2.87. The molecule has 0 spiro atoms. The average Bonchev–Trinajstić information content (AvgIpc) is 3.37. The van der Waals surface area contributed by atoms with Gasteiger partial charge in [0.25, 0.3) is 11.8 Å². The second kappa shape index (κ2) is 9.14. The topological polar surface area (TPSA) is 76.0 Å². The number of benzene rings is 1. The van der Waals surface area contributed by atoms with Crippen molar-refractivity contribution in [3.63, 3.8) is 0 Å². The molecule has 6 nitrogen and oxygen atoms in total. The Morgan fingerprint density at radius 3 is 2.71 bits per heavy atom. The highest BCUT2D eigenvalue weighted by atomic mass is 32.1. The summed E-state index contributed by atoms with van der Waals surface area (Å²) in [6.45, 7) is 4.90. The molecule has 0 fully saturated rings. The molecule has 0 aliphatic heterocycles. The van der Waals surface area contributed by atoms with Gasteiger partial charge >= 0.3 is 0 Å². The van der Waals surface area contributed by atoms with Crippen molar-refractivity contribution in [2.24, 2.45) is 0 Å². The summed E-state index contributed by atoms with van der Waals surface area (Å²) in [6.07, 6.45) is 5.21. The van der Waals surface area contributed by atoms with Gasteiger partial charge < -0.3 is 10.6 Å². The third-order valence-corrected chi connectivity index (χ3v) is 5.10. The molecule has 2 heterocycles. The van der Waals surface area contributed by atoms with Crippen molar-refractivity contribution in [2.75, 3.05) is 6.54 Å². The van der Waals surface area contributed by atoms with Gasteiger partial charge in [-0.1, -0.05) is 12.1 Å². The highest BCUT2D eigenvalue weighted by Crippen LogP contribution is 2.14. The molecule has 3 aromatic rings. The van der Waals surface area contributed by atoms with E-state index in [1.54, 1.807) is 23.0 Å². The van der Waals surface area contributed by atoms with Crippen LogP contribution in [0.15, 0.2) is 59.9 Å². The molecule has 0 radical (unpaired) electrons. The second-order valence-corrected chi connectivity index (χ2v) is 7.33. The predicted molar refractivity (Wildman–Crippen MR) is 111 cm³/mol. The van der Waals surface area contributed by atoms with Crippen LogP contribution in [-0.4, -0.2) is 28.1 Å². The van der Waals surface area contributed by atoms with Gasteiger partial charge in [-0.05, 0) is 60.7 Å². The number of aryl methyl sites for hydroxylation is 2. The second-order valence-electron chi connectivity index (χ2n) is 6.35. The van der Waals surface area contributed by atoms with Crippen LogP contribution >= 0.6 is 11.3 Å². The largest absolute Gasteiger partial charge is 0.349 e. The molecule has 0 saturated heterocycles. The van der Waals surface area contributed by atoms with E-state index < -0.39 is 0 Å². The van der Waals surface area contributed by atoms with Crippen LogP contribution in [0.1, 0.15) is 26.4 Å². The Bertz CT molecular complexity index is 976. The van der Waals surface area contributed by atoms with Crippen LogP contribution in [-0.2, 0) is 11.3 Å². The maximum atomic E-state index is 12.7. The predicted octanol–water partition coefficient (Wildman–Crippen LogP) is 3.15. The number of carbonyl (C=O) groups is 2. The van der Waals surface area contributed by atoms with Gasteiger partial charge in [0.15, 0.2) is 0 Å². The summed E-state index contributed by atoms with van der Waals surface area (Å²) >= 11 is 1.50. The van der Waals surface area contributed by atoms with Crippen molar-refractivity contribution < 1.29 is 9.59 Å². The maximum Gasteiger partial charge on any atom is 0.267 e. The van der Waals surface area contributed by atoms with Crippen LogP contribution in [0.4, 0.5) is 0 Å². The van der Waals surface area contributed by atoms with Gasteiger partial charge in [-0.15, -0.1) is 11.3 Å². The monoisotopic (exact) mass is 394 g/mol. The van der Waals surface area contributed by atoms with E-state index in [9.17, 15) is 9.59 Å². The van der Waals surface area contributed by atoms with E-state index in [1.807, 2.05) is 55.8 Å². The summed E-state index contributed by atoms with van der Waals surface area (Å²) in [6, 6.07) is 11.1. The molecule has 1 aromatic carbocycles. The Morgan fingerprint density at radius 1 is 1.18 bits per heavy atom. The molecule has 0 saturated carbocycles. The minimum Gasteiger partial charge on any atom is -0.349 e. The van der Waals surface area contributed by atoms with Gasteiger partial charge in [0.2, 0.25) is 0 Å². The van der Waals surface area contributed by atoms with Gasteiger partial charge in [0.1, 0.15) is 5.70 Å². The lowest BCUT2D eigenvalue weighted by atomic mass is 10.1. The number of hydrogen-bond donors (Lipinski definition) is 2. The zero-order chi connectivity index (χ0) is 19.9. The van der Waals surface area contributed by atoms with Crippen molar-refractivity contribution in [2.45, 2.75) is 20.4 Å². The van der Waals surface area contributed by atoms with Gasteiger partial charge in [-0.25, -0.2) is 0 Å². The Balaban J connectivity index is 1.72. The number of rotatable bonds is 7. The van der Waals surface area contributed by atoms with E-state index >= 15 is 0 Å². The van der Waals surface area contributed by atoms with Crippen LogP contribution in [0.5, 0.6) is 0 Å². The van der Waals surface area contributed by atoms with Crippen LogP contribution < -0.4 is 10.6 Å². The zero-order valence-corrected chi connectivity index (χ0v) is 16.6. The number of hydrogen-bond acceptors (Lipinski definition) is 4. The van der Waals surface area contributed by atoms with Crippen molar-refractivity contribution in [1.82, 2.24) is 20.4 Å². The molecule has 144 valence electrons. The summed E-state index contributed by atoms with van der Waals surface area (Å²) in [5.74, 6) is -0.647. The molecule has 28 heavy (non-hydrogen) atoms. The number of thiophene rings is 1. The fraction of sp³-hybridized carbons (Fsp3) is 0.190. The Kier molecular flexibility index (Phi) is 6.39. The highest BCUT2D eigenvalue weighted by Gasteiger charge is 2.15. The molecule has 2 N–H and O–H groups in total. The highest BCUT2D eigenvalue weighted by molar-refractivity contribution is 7.10. The molecule has 3 rings (SSSR count). The fourth-order valence-electron chi connectivity index (χ4n) is 2.56. The number of nitrogens with zero attached hydrogens (tertiary/aromatic N) is 2. The smallest absolute Gasteiger partial charge is 0.267 e. The lowest BCUT2D eigenvalue weighted by Crippen LogP contribution is -2.36. The first-order valence-corrected chi connectivity index (χ1v) is 9.80. The number of aromatic nitrogens is 2. The molecule has 0 aliphatic carbocycles. The van der Waals surface area contributed by atoms with Gasteiger partial charge in [0.05, 0.1) is 6.54 Å². The van der Waals surface area contributed by atoms with Gasteiger partial charge in [-0.2, -0.15) is 5.10 Å². The summed E-state index contributed by atoms with van der Waals surface area (Å²) in [5, 5.41) is 11.6. The SMILES string of the molecule is Cc1ccc(C(=O)NC(=Cc2cccs2)C(=O)NCCn2cccn2)cc1C. The standard InChI is InChI=1S/C21H22N4O2S/c1-15-6-7-17(13-16(15)2)20(26)24-19(14-18-5-3-12-28-18)21(27)22-9-11-25-10-4-8-23-25/h3-8,10,12-14H,9,11H2,1-2H3,(H,22,27)(H,24,26). The first-order valence-electron chi connectivity index (χ1n) is 8.92. The van der Waals surface area contributed by atoms with Crippen LogP contribution in [0.25, 0.3) is 6.08 Å². The van der Waals surface area contributed by atoms with Crippen molar-refractivity contribution in [3.05, 3.63) is 81.4 Å². The van der Waals surface area contributed by atoms with Gasteiger partial charge in [0, 0.05) is 29.4 Å².